The van der Waals surface area contributed by atoms with Crippen molar-refractivity contribution in [2.24, 2.45) is 23.2 Å². The first kappa shape index (κ1) is 13.3. The fraction of sp³-hybridized carbons (Fsp3) is 0.929. The van der Waals surface area contributed by atoms with E-state index in [0.29, 0.717) is 17.8 Å². The Hall–Kier alpha value is -0.740. The second kappa shape index (κ2) is 4.13. The second-order valence-corrected chi connectivity index (χ2v) is 7.08. The standard InChI is InChI=1S/C14H20F3NO/c1-18(12(19)14(15,16)17)8-13-5-9-2-10(6-13)4-11(3-9)7-13/h9-11H,2-8H2,1H3. The van der Waals surface area contributed by atoms with Crippen molar-refractivity contribution in [3.8, 4) is 0 Å². The molecule has 0 heterocycles. The van der Waals surface area contributed by atoms with E-state index < -0.39 is 12.1 Å². The minimum atomic E-state index is -4.74. The van der Waals surface area contributed by atoms with Crippen LogP contribution in [-0.4, -0.2) is 30.6 Å². The molecular weight excluding hydrogens is 255 g/mol. The van der Waals surface area contributed by atoms with Crippen LogP contribution in [0.5, 0.6) is 0 Å². The molecule has 1 amide bonds. The van der Waals surface area contributed by atoms with Crippen molar-refractivity contribution >= 4 is 5.91 Å². The van der Waals surface area contributed by atoms with Gasteiger partial charge >= 0.3 is 12.1 Å². The number of rotatable bonds is 2. The van der Waals surface area contributed by atoms with Crippen molar-refractivity contribution in [2.75, 3.05) is 13.6 Å². The molecule has 0 aliphatic heterocycles. The molecule has 0 unspecified atom stereocenters. The third kappa shape index (κ3) is 2.36. The summed E-state index contributed by atoms with van der Waals surface area (Å²) in [5.41, 5.74) is -0.0234. The molecule has 5 heteroatoms. The summed E-state index contributed by atoms with van der Waals surface area (Å²) in [6, 6.07) is 0. The van der Waals surface area contributed by atoms with Gasteiger partial charge in [-0.1, -0.05) is 0 Å². The molecule has 0 atom stereocenters. The molecule has 0 radical (unpaired) electrons. The molecule has 0 aromatic heterocycles. The summed E-state index contributed by atoms with van der Waals surface area (Å²) >= 11 is 0. The summed E-state index contributed by atoms with van der Waals surface area (Å²) in [5.74, 6) is 0.394. The molecule has 0 aromatic rings. The molecule has 0 saturated heterocycles. The van der Waals surface area contributed by atoms with Gasteiger partial charge < -0.3 is 4.90 Å². The lowest BCUT2D eigenvalue weighted by molar-refractivity contribution is -0.187. The quantitative estimate of drug-likeness (QED) is 0.757. The van der Waals surface area contributed by atoms with Crippen molar-refractivity contribution in [3.63, 3.8) is 0 Å². The first-order chi connectivity index (χ1) is 8.77. The average Bonchev–Trinajstić information content (AvgIpc) is 2.23. The molecule has 4 aliphatic rings. The SMILES string of the molecule is CN(CC12CC3CC(CC(C3)C1)C2)C(=O)C(F)(F)F. The van der Waals surface area contributed by atoms with Gasteiger partial charge in [-0.2, -0.15) is 13.2 Å². The van der Waals surface area contributed by atoms with E-state index >= 15 is 0 Å². The number of amides is 1. The number of carbonyl (C=O) groups excluding carboxylic acids is 1. The Morgan fingerprint density at radius 3 is 1.89 bits per heavy atom. The lowest BCUT2D eigenvalue weighted by Gasteiger charge is -2.57. The van der Waals surface area contributed by atoms with Crippen LogP contribution >= 0.6 is 0 Å². The molecule has 19 heavy (non-hydrogen) atoms. The maximum Gasteiger partial charge on any atom is 0.471 e. The van der Waals surface area contributed by atoms with Crippen LogP contribution < -0.4 is 0 Å². The molecule has 2 nitrogen and oxygen atoms in total. The first-order valence-electron chi connectivity index (χ1n) is 7.10. The molecule has 108 valence electrons. The summed E-state index contributed by atoms with van der Waals surface area (Å²) in [6.07, 6.45) is 2.11. The molecule has 4 bridgehead atoms. The summed E-state index contributed by atoms with van der Waals surface area (Å²) in [4.78, 5) is 12.2. The number of nitrogens with zero attached hydrogens (tertiary/aromatic N) is 1. The number of hydrogen-bond acceptors (Lipinski definition) is 1. The molecule has 4 saturated carbocycles. The predicted octanol–water partition coefficient (Wildman–Crippen LogP) is 3.22. The molecule has 0 aromatic carbocycles. The highest BCUT2D eigenvalue weighted by molar-refractivity contribution is 5.81. The van der Waals surface area contributed by atoms with Crippen LogP contribution in [0.4, 0.5) is 13.2 Å². The van der Waals surface area contributed by atoms with Gasteiger partial charge in [0, 0.05) is 13.6 Å². The molecule has 0 spiro atoms. The maximum atomic E-state index is 12.5. The summed E-state index contributed by atoms with van der Waals surface area (Å²) in [7, 11) is 1.30. The Bertz CT molecular complexity index is 355. The van der Waals surface area contributed by atoms with E-state index in [0.717, 1.165) is 24.2 Å². The van der Waals surface area contributed by atoms with E-state index in [1.807, 2.05) is 0 Å². The highest BCUT2D eigenvalue weighted by Gasteiger charge is 2.52. The van der Waals surface area contributed by atoms with Crippen molar-refractivity contribution in [1.29, 1.82) is 0 Å². The zero-order valence-corrected chi connectivity index (χ0v) is 11.2. The predicted molar refractivity (Wildman–Crippen MR) is 64.3 cm³/mol. The number of hydrogen-bond donors (Lipinski definition) is 0. The third-order valence-corrected chi connectivity index (χ3v) is 5.33. The van der Waals surface area contributed by atoms with Gasteiger partial charge in [0.15, 0.2) is 0 Å². The van der Waals surface area contributed by atoms with Crippen molar-refractivity contribution < 1.29 is 18.0 Å². The zero-order valence-electron chi connectivity index (χ0n) is 11.2. The lowest BCUT2D eigenvalue weighted by atomic mass is 9.49. The van der Waals surface area contributed by atoms with Crippen LogP contribution in [0.25, 0.3) is 0 Å². The molecule has 4 rings (SSSR count). The van der Waals surface area contributed by atoms with E-state index in [-0.39, 0.29) is 12.0 Å². The molecule has 4 fully saturated rings. The Labute approximate surface area is 111 Å². The van der Waals surface area contributed by atoms with Gasteiger partial charge in [0.05, 0.1) is 0 Å². The number of alkyl halides is 3. The smallest absolute Gasteiger partial charge is 0.337 e. The van der Waals surface area contributed by atoms with Crippen LogP contribution in [0.1, 0.15) is 38.5 Å². The Balaban J connectivity index is 1.71. The maximum absolute atomic E-state index is 12.5. The van der Waals surface area contributed by atoms with Gasteiger partial charge in [-0.3, -0.25) is 4.79 Å². The summed E-state index contributed by atoms with van der Waals surface area (Å²) in [5, 5.41) is 0. The van der Waals surface area contributed by atoms with Crippen LogP contribution in [0, 0.1) is 23.2 Å². The van der Waals surface area contributed by atoms with Gasteiger partial charge in [0.2, 0.25) is 0 Å². The topological polar surface area (TPSA) is 20.3 Å². The lowest BCUT2D eigenvalue weighted by Crippen LogP contribution is -2.53. The second-order valence-electron chi connectivity index (χ2n) is 7.08. The van der Waals surface area contributed by atoms with Crippen LogP contribution in [0.2, 0.25) is 0 Å². The first-order valence-corrected chi connectivity index (χ1v) is 7.10. The number of halogens is 3. The zero-order chi connectivity index (χ0) is 13.8. The van der Waals surface area contributed by atoms with Crippen molar-refractivity contribution in [2.45, 2.75) is 44.7 Å². The minimum absolute atomic E-state index is 0.0234. The Kier molecular flexibility index (Phi) is 2.88. The summed E-state index contributed by atoms with van der Waals surface area (Å²) < 4.78 is 37.4. The van der Waals surface area contributed by atoms with E-state index in [2.05, 4.69) is 0 Å². The van der Waals surface area contributed by atoms with Crippen molar-refractivity contribution in [1.82, 2.24) is 4.90 Å². The molecule has 4 aliphatic carbocycles. The third-order valence-electron chi connectivity index (χ3n) is 5.33. The Morgan fingerprint density at radius 1 is 1.11 bits per heavy atom. The Morgan fingerprint density at radius 2 is 1.53 bits per heavy atom. The van der Waals surface area contributed by atoms with Crippen LogP contribution in [-0.2, 0) is 4.79 Å². The average molecular weight is 275 g/mol. The highest BCUT2D eigenvalue weighted by atomic mass is 19.4. The largest absolute Gasteiger partial charge is 0.471 e. The monoisotopic (exact) mass is 275 g/mol. The van der Waals surface area contributed by atoms with Gasteiger partial charge in [0.25, 0.3) is 0 Å². The fourth-order valence-electron chi connectivity index (χ4n) is 5.27. The molecule has 0 N–H and O–H groups in total. The fourth-order valence-corrected chi connectivity index (χ4v) is 5.27. The van der Waals surface area contributed by atoms with E-state index in [9.17, 15) is 18.0 Å². The van der Waals surface area contributed by atoms with Gasteiger partial charge in [-0.15, -0.1) is 0 Å². The van der Waals surface area contributed by atoms with E-state index in [1.54, 1.807) is 0 Å². The number of carbonyl (C=O) groups is 1. The molecular formula is C14H20F3NO. The van der Waals surface area contributed by atoms with Gasteiger partial charge in [-0.25, -0.2) is 0 Å². The van der Waals surface area contributed by atoms with Crippen LogP contribution in [0.15, 0.2) is 0 Å². The van der Waals surface area contributed by atoms with Crippen molar-refractivity contribution in [3.05, 3.63) is 0 Å². The van der Waals surface area contributed by atoms with Crippen LogP contribution in [0.3, 0.4) is 0 Å². The van der Waals surface area contributed by atoms with Gasteiger partial charge in [0.1, 0.15) is 0 Å². The highest BCUT2D eigenvalue weighted by Crippen LogP contribution is 2.60. The summed E-state index contributed by atoms with van der Waals surface area (Å²) in [6.45, 7) is 0.287. The van der Waals surface area contributed by atoms with E-state index in [1.165, 1.54) is 26.3 Å². The van der Waals surface area contributed by atoms with Gasteiger partial charge in [-0.05, 0) is 61.7 Å². The minimum Gasteiger partial charge on any atom is -0.337 e. The normalized spacial score (nSPS) is 40.5. The van der Waals surface area contributed by atoms with E-state index in [4.69, 9.17) is 0 Å².